The van der Waals surface area contributed by atoms with Crippen LogP contribution in [0.5, 0.6) is 0 Å². The Morgan fingerprint density at radius 1 is 1.33 bits per heavy atom. The number of carboxylic acids is 1. The molecule has 0 unspecified atom stereocenters. The van der Waals surface area contributed by atoms with E-state index in [9.17, 15) is 9.90 Å². The second-order valence-electron chi connectivity index (χ2n) is 3.44. The molecule has 7 heteroatoms. The highest BCUT2D eigenvalue weighted by atomic mass is 16.4. The van der Waals surface area contributed by atoms with Gasteiger partial charge in [0, 0.05) is 6.20 Å². The molecule has 0 aliphatic rings. The van der Waals surface area contributed by atoms with Crippen molar-refractivity contribution in [1.82, 2.24) is 20.2 Å². The van der Waals surface area contributed by atoms with Gasteiger partial charge in [-0.15, -0.1) is 5.10 Å². The molecule has 0 aromatic carbocycles. The normalized spacial score (nSPS) is 10.1. The molecule has 92 valence electrons. The van der Waals surface area contributed by atoms with Crippen molar-refractivity contribution in [3.8, 4) is 0 Å². The second kappa shape index (κ2) is 5.17. The van der Waals surface area contributed by atoms with Crippen LogP contribution in [-0.2, 0) is 6.42 Å². The highest BCUT2D eigenvalue weighted by Gasteiger charge is 2.16. The van der Waals surface area contributed by atoms with Crippen LogP contribution in [0.25, 0.3) is 0 Å². The SMILES string of the molecule is CCc1ccnc(Nc2nccnn2)c1C(=O)O. The van der Waals surface area contributed by atoms with E-state index >= 15 is 0 Å². The molecule has 0 atom stereocenters. The Morgan fingerprint density at radius 2 is 2.17 bits per heavy atom. The molecule has 2 aromatic heterocycles. The van der Waals surface area contributed by atoms with Gasteiger partial charge in [-0.3, -0.25) is 0 Å². The average Bonchev–Trinajstić information content (AvgIpc) is 2.39. The fourth-order valence-electron chi connectivity index (χ4n) is 1.54. The predicted octanol–water partition coefficient (Wildman–Crippen LogP) is 1.27. The number of aryl methyl sites for hydroxylation is 1. The number of aromatic carboxylic acids is 1. The van der Waals surface area contributed by atoms with Gasteiger partial charge in [-0.05, 0) is 18.1 Å². The average molecular weight is 245 g/mol. The molecule has 0 spiro atoms. The zero-order valence-electron chi connectivity index (χ0n) is 9.66. The van der Waals surface area contributed by atoms with Gasteiger partial charge in [0.25, 0.3) is 0 Å². The number of hydrogen-bond acceptors (Lipinski definition) is 6. The first kappa shape index (κ1) is 11.9. The van der Waals surface area contributed by atoms with Gasteiger partial charge >= 0.3 is 5.97 Å². The van der Waals surface area contributed by atoms with Crippen LogP contribution in [0.15, 0.2) is 24.7 Å². The Morgan fingerprint density at radius 3 is 2.78 bits per heavy atom. The number of carbonyl (C=O) groups is 1. The summed E-state index contributed by atoms with van der Waals surface area (Å²) >= 11 is 0. The molecule has 2 aromatic rings. The Balaban J connectivity index is 2.42. The predicted molar refractivity (Wildman–Crippen MR) is 63.7 cm³/mol. The lowest BCUT2D eigenvalue weighted by Crippen LogP contribution is -2.10. The molecule has 0 bridgehead atoms. The maximum absolute atomic E-state index is 11.3. The molecule has 0 radical (unpaired) electrons. The van der Waals surface area contributed by atoms with E-state index in [1.165, 1.54) is 12.4 Å². The third-order valence-corrected chi connectivity index (χ3v) is 2.34. The van der Waals surface area contributed by atoms with Crippen molar-refractivity contribution in [2.24, 2.45) is 0 Å². The minimum absolute atomic E-state index is 0.132. The number of pyridine rings is 1. The second-order valence-corrected chi connectivity index (χ2v) is 3.44. The molecule has 0 amide bonds. The summed E-state index contributed by atoms with van der Waals surface area (Å²) in [6.45, 7) is 1.88. The lowest BCUT2D eigenvalue weighted by atomic mass is 10.1. The van der Waals surface area contributed by atoms with Gasteiger partial charge in [-0.1, -0.05) is 6.92 Å². The van der Waals surface area contributed by atoms with Gasteiger partial charge in [-0.2, -0.15) is 5.10 Å². The molecule has 2 N–H and O–H groups in total. The monoisotopic (exact) mass is 245 g/mol. The largest absolute Gasteiger partial charge is 0.478 e. The molecule has 0 fully saturated rings. The first-order valence-electron chi connectivity index (χ1n) is 5.34. The molecule has 7 nitrogen and oxygen atoms in total. The Bertz CT molecular complexity index is 559. The number of aromatic nitrogens is 4. The molecule has 0 saturated carbocycles. The van der Waals surface area contributed by atoms with Crippen LogP contribution in [-0.4, -0.2) is 31.2 Å². The van der Waals surface area contributed by atoms with Gasteiger partial charge in [0.05, 0.1) is 12.4 Å². The van der Waals surface area contributed by atoms with Crippen molar-refractivity contribution in [1.29, 1.82) is 0 Å². The molecular weight excluding hydrogens is 234 g/mol. The van der Waals surface area contributed by atoms with Crippen LogP contribution in [0, 0.1) is 0 Å². The molecule has 0 aliphatic carbocycles. The Hall–Kier alpha value is -2.57. The summed E-state index contributed by atoms with van der Waals surface area (Å²) in [6, 6.07) is 1.68. The van der Waals surface area contributed by atoms with E-state index in [1.807, 2.05) is 6.92 Å². The number of rotatable bonds is 4. The van der Waals surface area contributed by atoms with Gasteiger partial charge < -0.3 is 10.4 Å². The highest BCUT2D eigenvalue weighted by molar-refractivity contribution is 5.95. The summed E-state index contributed by atoms with van der Waals surface area (Å²) in [5.41, 5.74) is 0.830. The Kier molecular flexibility index (Phi) is 3.42. The fraction of sp³-hybridized carbons (Fsp3) is 0.182. The fourth-order valence-corrected chi connectivity index (χ4v) is 1.54. The zero-order chi connectivity index (χ0) is 13.0. The first-order chi connectivity index (χ1) is 8.72. The molecule has 0 aliphatic heterocycles. The van der Waals surface area contributed by atoms with Crippen molar-refractivity contribution in [3.63, 3.8) is 0 Å². The quantitative estimate of drug-likeness (QED) is 0.836. The number of anilines is 2. The van der Waals surface area contributed by atoms with Crippen molar-refractivity contribution >= 4 is 17.7 Å². The van der Waals surface area contributed by atoms with Crippen LogP contribution in [0.1, 0.15) is 22.8 Å². The molecule has 0 saturated heterocycles. The molecule has 2 rings (SSSR count). The van der Waals surface area contributed by atoms with E-state index in [0.717, 1.165) is 0 Å². The van der Waals surface area contributed by atoms with Crippen LogP contribution >= 0.6 is 0 Å². The van der Waals surface area contributed by atoms with Gasteiger partial charge in [0.15, 0.2) is 0 Å². The zero-order valence-corrected chi connectivity index (χ0v) is 9.66. The number of carboxylic acid groups (broad SMARTS) is 1. The summed E-state index contributed by atoms with van der Waals surface area (Å²) in [4.78, 5) is 19.2. The van der Waals surface area contributed by atoms with E-state index in [4.69, 9.17) is 0 Å². The van der Waals surface area contributed by atoms with Crippen LogP contribution in [0.4, 0.5) is 11.8 Å². The lowest BCUT2D eigenvalue weighted by Gasteiger charge is -2.09. The molecule has 18 heavy (non-hydrogen) atoms. The molecular formula is C11H11N5O2. The maximum atomic E-state index is 11.3. The summed E-state index contributed by atoms with van der Waals surface area (Å²) in [5, 5.41) is 19.3. The Labute approximate surface area is 103 Å². The van der Waals surface area contributed by atoms with E-state index in [1.54, 1.807) is 12.3 Å². The van der Waals surface area contributed by atoms with E-state index in [2.05, 4.69) is 25.5 Å². The van der Waals surface area contributed by atoms with Crippen LogP contribution < -0.4 is 5.32 Å². The summed E-state index contributed by atoms with van der Waals surface area (Å²) < 4.78 is 0. The van der Waals surface area contributed by atoms with E-state index in [0.29, 0.717) is 12.0 Å². The minimum atomic E-state index is -1.04. The minimum Gasteiger partial charge on any atom is -0.478 e. The van der Waals surface area contributed by atoms with Crippen molar-refractivity contribution < 1.29 is 9.90 Å². The number of nitrogens with zero attached hydrogens (tertiary/aromatic N) is 4. The van der Waals surface area contributed by atoms with Crippen LogP contribution in [0.2, 0.25) is 0 Å². The van der Waals surface area contributed by atoms with Gasteiger partial charge in [0.1, 0.15) is 11.4 Å². The standard InChI is InChI=1S/C11H11N5O2/c1-2-7-3-4-12-9(8(7)10(17)18)15-11-13-5-6-14-16-11/h3-6H,2H2,1H3,(H,17,18)(H,12,13,15,16). The van der Waals surface area contributed by atoms with Crippen LogP contribution in [0.3, 0.4) is 0 Å². The van der Waals surface area contributed by atoms with Crippen molar-refractivity contribution in [3.05, 3.63) is 35.8 Å². The highest BCUT2D eigenvalue weighted by Crippen LogP contribution is 2.20. The molecule has 2 heterocycles. The third-order valence-electron chi connectivity index (χ3n) is 2.34. The summed E-state index contributed by atoms with van der Waals surface area (Å²) in [5.74, 6) is -0.609. The first-order valence-corrected chi connectivity index (χ1v) is 5.34. The third kappa shape index (κ3) is 2.40. The van der Waals surface area contributed by atoms with Gasteiger partial charge in [-0.25, -0.2) is 14.8 Å². The van der Waals surface area contributed by atoms with Crippen molar-refractivity contribution in [2.45, 2.75) is 13.3 Å². The number of nitrogens with one attached hydrogen (secondary N) is 1. The van der Waals surface area contributed by atoms with Gasteiger partial charge in [0.2, 0.25) is 5.95 Å². The number of hydrogen-bond donors (Lipinski definition) is 2. The smallest absolute Gasteiger partial charge is 0.339 e. The topological polar surface area (TPSA) is 101 Å². The summed E-state index contributed by atoms with van der Waals surface area (Å²) in [7, 11) is 0. The van der Waals surface area contributed by atoms with E-state index in [-0.39, 0.29) is 17.3 Å². The van der Waals surface area contributed by atoms with Crippen molar-refractivity contribution in [2.75, 3.05) is 5.32 Å². The lowest BCUT2D eigenvalue weighted by molar-refractivity contribution is 0.0696. The maximum Gasteiger partial charge on any atom is 0.339 e. The van der Waals surface area contributed by atoms with E-state index < -0.39 is 5.97 Å². The summed E-state index contributed by atoms with van der Waals surface area (Å²) in [6.07, 6.45) is 5.04.